The smallest absolute Gasteiger partial charge is 0.150 e. The number of fused-ring (bicyclic) bond motifs is 1. The Hall–Kier alpha value is -1.68. The van der Waals surface area contributed by atoms with Gasteiger partial charge in [-0.15, -0.1) is 0 Å². The summed E-state index contributed by atoms with van der Waals surface area (Å²) in [5.74, 6) is 0. The van der Waals surface area contributed by atoms with Gasteiger partial charge in [0.1, 0.15) is 6.29 Å². The minimum atomic E-state index is 0.0437. The summed E-state index contributed by atoms with van der Waals surface area (Å²) >= 11 is 0. The normalized spacial score (nSPS) is 10.6. The summed E-state index contributed by atoms with van der Waals surface area (Å²) < 4.78 is 1.68. The van der Waals surface area contributed by atoms with Gasteiger partial charge in [-0.3, -0.25) is 9.48 Å². The van der Waals surface area contributed by atoms with Gasteiger partial charge in [0.05, 0.1) is 24.9 Å². The number of carbonyl (C=O) groups is 1. The molecule has 0 aliphatic carbocycles. The molecular weight excluding hydrogens is 180 g/mol. The van der Waals surface area contributed by atoms with E-state index in [1.807, 2.05) is 6.07 Å². The van der Waals surface area contributed by atoms with Crippen LogP contribution in [0.25, 0.3) is 10.9 Å². The maximum absolute atomic E-state index is 10.6. The minimum absolute atomic E-state index is 0.0437. The number of aldehydes is 1. The van der Waals surface area contributed by atoms with E-state index in [1.165, 1.54) is 0 Å². The van der Waals surface area contributed by atoms with Crippen LogP contribution in [0.15, 0.2) is 24.4 Å². The molecule has 1 heterocycles. The van der Waals surface area contributed by atoms with Crippen LogP contribution in [0, 0.1) is 0 Å². The first-order valence-electron chi connectivity index (χ1n) is 4.37. The van der Waals surface area contributed by atoms with Crippen LogP contribution in [-0.4, -0.2) is 27.8 Å². The van der Waals surface area contributed by atoms with Crippen LogP contribution >= 0.6 is 0 Å². The molecule has 0 spiro atoms. The Kier molecular flexibility index (Phi) is 2.28. The quantitative estimate of drug-likeness (QED) is 0.730. The molecule has 4 nitrogen and oxygen atoms in total. The Morgan fingerprint density at radius 1 is 1.50 bits per heavy atom. The van der Waals surface area contributed by atoms with Crippen molar-refractivity contribution in [1.82, 2.24) is 9.78 Å². The van der Waals surface area contributed by atoms with Crippen LogP contribution in [-0.2, 0) is 6.54 Å². The topological polar surface area (TPSA) is 55.1 Å². The van der Waals surface area contributed by atoms with Crippen LogP contribution in [0.3, 0.4) is 0 Å². The Bertz CT molecular complexity index is 462. The summed E-state index contributed by atoms with van der Waals surface area (Å²) in [5, 5.41) is 13.9. The van der Waals surface area contributed by atoms with Gasteiger partial charge >= 0.3 is 0 Å². The van der Waals surface area contributed by atoms with E-state index in [0.29, 0.717) is 12.1 Å². The van der Waals surface area contributed by atoms with E-state index in [2.05, 4.69) is 5.10 Å². The van der Waals surface area contributed by atoms with Crippen molar-refractivity contribution in [3.05, 3.63) is 30.0 Å². The van der Waals surface area contributed by atoms with Crippen molar-refractivity contribution in [2.75, 3.05) is 6.61 Å². The van der Waals surface area contributed by atoms with E-state index in [9.17, 15) is 4.79 Å². The summed E-state index contributed by atoms with van der Waals surface area (Å²) in [6.45, 7) is 0.494. The molecule has 1 aromatic carbocycles. The van der Waals surface area contributed by atoms with E-state index in [4.69, 9.17) is 5.11 Å². The Morgan fingerprint density at radius 3 is 3.07 bits per heavy atom. The molecule has 72 valence electrons. The fraction of sp³-hybridized carbons (Fsp3) is 0.200. The van der Waals surface area contributed by atoms with Gasteiger partial charge in [0, 0.05) is 10.9 Å². The van der Waals surface area contributed by atoms with Crippen molar-refractivity contribution >= 4 is 17.2 Å². The first kappa shape index (κ1) is 8.90. The SMILES string of the molecule is O=Cc1ccc2cnn(CCO)c2c1. The number of nitrogens with zero attached hydrogens (tertiary/aromatic N) is 2. The van der Waals surface area contributed by atoms with Gasteiger partial charge < -0.3 is 5.11 Å². The summed E-state index contributed by atoms with van der Waals surface area (Å²) in [7, 11) is 0. The third kappa shape index (κ3) is 1.40. The van der Waals surface area contributed by atoms with E-state index in [-0.39, 0.29) is 6.61 Å². The summed E-state index contributed by atoms with van der Waals surface area (Å²) in [6, 6.07) is 5.37. The predicted molar refractivity (Wildman–Crippen MR) is 52.2 cm³/mol. The van der Waals surface area contributed by atoms with Crippen LogP contribution in [0.1, 0.15) is 10.4 Å². The van der Waals surface area contributed by atoms with E-state index < -0.39 is 0 Å². The standard InChI is InChI=1S/C10H10N2O2/c13-4-3-12-10-5-8(7-14)1-2-9(10)6-11-12/h1-2,5-7,13H,3-4H2. The van der Waals surface area contributed by atoms with Crippen molar-refractivity contribution in [3.8, 4) is 0 Å². The number of aromatic nitrogens is 2. The molecule has 1 aromatic heterocycles. The molecule has 0 saturated carbocycles. The third-order valence-electron chi connectivity index (χ3n) is 2.12. The number of benzene rings is 1. The molecule has 2 aromatic rings. The average Bonchev–Trinajstić information content (AvgIpc) is 2.61. The molecule has 0 radical (unpaired) electrons. The Balaban J connectivity index is 2.57. The van der Waals surface area contributed by atoms with Gasteiger partial charge in [-0.05, 0) is 6.07 Å². The molecular formula is C10H10N2O2. The van der Waals surface area contributed by atoms with Crippen LogP contribution < -0.4 is 0 Å². The molecule has 0 aliphatic heterocycles. The van der Waals surface area contributed by atoms with Crippen molar-refractivity contribution < 1.29 is 9.90 Å². The van der Waals surface area contributed by atoms with Gasteiger partial charge in [-0.2, -0.15) is 5.10 Å². The molecule has 0 unspecified atom stereocenters. The van der Waals surface area contributed by atoms with Crippen LogP contribution in [0.5, 0.6) is 0 Å². The van der Waals surface area contributed by atoms with Crippen molar-refractivity contribution in [1.29, 1.82) is 0 Å². The molecule has 0 aliphatic rings. The predicted octanol–water partition coefficient (Wildman–Crippen LogP) is 0.841. The Morgan fingerprint density at radius 2 is 2.36 bits per heavy atom. The fourth-order valence-corrected chi connectivity index (χ4v) is 1.43. The highest BCUT2D eigenvalue weighted by molar-refractivity contribution is 5.86. The van der Waals surface area contributed by atoms with E-state index in [0.717, 1.165) is 17.2 Å². The molecule has 0 bridgehead atoms. The molecule has 4 heteroatoms. The maximum Gasteiger partial charge on any atom is 0.150 e. The molecule has 0 saturated heterocycles. The van der Waals surface area contributed by atoms with Crippen molar-refractivity contribution in [2.24, 2.45) is 0 Å². The molecule has 0 atom stereocenters. The van der Waals surface area contributed by atoms with Crippen LogP contribution in [0.2, 0.25) is 0 Å². The lowest BCUT2D eigenvalue weighted by molar-refractivity contribution is 0.112. The summed E-state index contributed by atoms with van der Waals surface area (Å²) in [5.41, 5.74) is 1.50. The number of hydrogen-bond donors (Lipinski definition) is 1. The highest BCUT2D eigenvalue weighted by Gasteiger charge is 2.02. The number of aliphatic hydroxyl groups excluding tert-OH is 1. The van der Waals surface area contributed by atoms with Crippen LogP contribution in [0.4, 0.5) is 0 Å². The number of rotatable bonds is 3. The number of aliphatic hydroxyl groups is 1. The Labute approximate surface area is 80.8 Å². The molecule has 14 heavy (non-hydrogen) atoms. The lowest BCUT2D eigenvalue weighted by Gasteiger charge is -2.00. The zero-order valence-corrected chi connectivity index (χ0v) is 7.55. The molecule has 1 N–H and O–H groups in total. The first-order valence-corrected chi connectivity index (χ1v) is 4.37. The van der Waals surface area contributed by atoms with Crippen molar-refractivity contribution in [3.63, 3.8) is 0 Å². The lowest BCUT2D eigenvalue weighted by Crippen LogP contribution is -2.03. The highest BCUT2D eigenvalue weighted by Crippen LogP contribution is 2.14. The van der Waals surface area contributed by atoms with E-state index >= 15 is 0 Å². The number of carbonyl (C=O) groups excluding carboxylic acids is 1. The summed E-state index contributed by atoms with van der Waals surface area (Å²) in [6.07, 6.45) is 2.52. The summed E-state index contributed by atoms with van der Waals surface area (Å²) in [4.78, 5) is 10.6. The minimum Gasteiger partial charge on any atom is -0.394 e. The van der Waals surface area contributed by atoms with Gasteiger partial charge in [0.15, 0.2) is 0 Å². The van der Waals surface area contributed by atoms with Gasteiger partial charge in [0.25, 0.3) is 0 Å². The molecule has 0 fully saturated rings. The zero-order valence-electron chi connectivity index (χ0n) is 7.55. The second-order valence-electron chi connectivity index (χ2n) is 3.03. The monoisotopic (exact) mass is 190 g/mol. The first-order chi connectivity index (χ1) is 6.85. The van der Waals surface area contributed by atoms with Gasteiger partial charge in [-0.1, -0.05) is 12.1 Å². The largest absolute Gasteiger partial charge is 0.394 e. The average molecular weight is 190 g/mol. The third-order valence-corrected chi connectivity index (χ3v) is 2.12. The van der Waals surface area contributed by atoms with Gasteiger partial charge in [0.2, 0.25) is 0 Å². The second-order valence-corrected chi connectivity index (χ2v) is 3.03. The second kappa shape index (κ2) is 3.59. The number of hydrogen-bond acceptors (Lipinski definition) is 3. The fourth-order valence-electron chi connectivity index (χ4n) is 1.43. The molecule has 0 amide bonds. The zero-order chi connectivity index (χ0) is 9.97. The molecule has 2 rings (SSSR count). The van der Waals surface area contributed by atoms with Gasteiger partial charge in [-0.25, -0.2) is 0 Å². The highest BCUT2D eigenvalue weighted by atomic mass is 16.3. The lowest BCUT2D eigenvalue weighted by atomic mass is 10.2. The maximum atomic E-state index is 10.6. The van der Waals surface area contributed by atoms with E-state index in [1.54, 1.807) is 23.0 Å². The van der Waals surface area contributed by atoms with Crippen molar-refractivity contribution in [2.45, 2.75) is 6.54 Å².